The van der Waals surface area contributed by atoms with E-state index < -0.39 is 6.10 Å². The zero-order valence-electron chi connectivity index (χ0n) is 14.0. The van der Waals surface area contributed by atoms with Crippen LogP contribution in [0.3, 0.4) is 0 Å². The molecule has 3 aromatic rings. The molecule has 1 amide bonds. The van der Waals surface area contributed by atoms with Crippen molar-refractivity contribution in [2.45, 2.75) is 30.4 Å². The van der Waals surface area contributed by atoms with Gasteiger partial charge < -0.3 is 15.4 Å². The van der Waals surface area contributed by atoms with Crippen molar-refractivity contribution in [3.05, 3.63) is 60.7 Å². The molecule has 0 aliphatic heterocycles. The molecule has 0 bridgehead atoms. The van der Waals surface area contributed by atoms with Crippen LogP contribution in [0.15, 0.2) is 59.9 Å². The van der Waals surface area contributed by atoms with Crippen molar-refractivity contribution in [3.8, 4) is 0 Å². The molecule has 0 aliphatic rings. The molecule has 3 N–H and O–H groups in total. The third kappa shape index (κ3) is 4.61. The maximum Gasteiger partial charge on any atom is 0.271 e. The van der Waals surface area contributed by atoms with Crippen molar-refractivity contribution in [2.75, 3.05) is 5.75 Å². The number of aliphatic hydroxyl groups is 1. The van der Waals surface area contributed by atoms with Crippen molar-refractivity contribution >= 4 is 28.4 Å². The van der Waals surface area contributed by atoms with E-state index in [1.165, 1.54) is 28.2 Å². The van der Waals surface area contributed by atoms with Crippen LogP contribution in [-0.2, 0) is 0 Å². The summed E-state index contributed by atoms with van der Waals surface area (Å²) in [5, 5.41) is 15.2. The summed E-state index contributed by atoms with van der Waals surface area (Å²) < 4.78 is 0. The van der Waals surface area contributed by atoms with Crippen molar-refractivity contribution in [2.24, 2.45) is 0 Å². The summed E-state index contributed by atoms with van der Waals surface area (Å²) in [6.45, 7) is 1.69. The van der Waals surface area contributed by atoms with Crippen LogP contribution in [0, 0.1) is 0 Å². The molecule has 6 heteroatoms. The normalized spacial score (nSPS) is 13.5. The van der Waals surface area contributed by atoms with Gasteiger partial charge in [-0.15, -0.1) is 11.8 Å². The summed E-state index contributed by atoms with van der Waals surface area (Å²) in [6.07, 6.45) is 3.05. The fourth-order valence-corrected chi connectivity index (χ4v) is 3.60. The molecule has 3 rings (SSSR count). The van der Waals surface area contributed by atoms with Gasteiger partial charge in [0.15, 0.2) is 0 Å². The van der Waals surface area contributed by atoms with Crippen molar-refractivity contribution < 1.29 is 9.90 Å². The van der Waals surface area contributed by atoms with Gasteiger partial charge in [0, 0.05) is 16.8 Å². The van der Waals surface area contributed by atoms with Crippen LogP contribution >= 0.6 is 11.8 Å². The van der Waals surface area contributed by atoms with Gasteiger partial charge in [0.2, 0.25) is 0 Å². The largest absolute Gasteiger partial charge is 0.391 e. The van der Waals surface area contributed by atoms with E-state index in [0.29, 0.717) is 12.1 Å². The van der Waals surface area contributed by atoms with E-state index in [1.54, 1.807) is 18.7 Å². The Morgan fingerprint density at radius 1 is 1.28 bits per heavy atom. The number of nitrogens with zero attached hydrogens (tertiary/aromatic N) is 1. The molecular weight excluding hydrogens is 334 g/mol. The standard InChI is InChI=1S/C19H21N3O2S/c1-13(23)17(22-19(24)18-11-20-12-21-18)8-9-25-16-7-6-14-4-2-3-5-15(14)10-16/h2-7,10-13,17,23H,8-9H2,1H3,(H,20,21)(H,22,24)/t13-,17+/m0/s1. The third-order valence-electron chi connectivity index (χ3n) is 4.05. The Morgan fingerprint density at radius 3 is 2.80 bits per heavy atom. The first-order valence-corrected chi connectivity index (χ1v) is 9.21. The molecular formula is C19H21N3O2S. The summed E-state index contributed by atoms with van der Waals surface area (Å²) in [6, 6.07) is 14.3. The highest BCUT2D eigenvalue weighted by atomic mass is 32.2. The molecule has 25 heavy (non-hydrogen) atoms. The molecule has 1 heterocycles. The van der Waals surface area contributed by atoms with E-state index >= 15 is 0 Å². The molecule has 130 valence electrons. The molecule has 5 nitrogen and oxygen atoms in total. The Bertz CT molecular complexity index is 834. The Kier molecular flexibility index (Phi) is 5.73. The predicted octanol–water partition coefficient (Wildman–Crippen LogP) is 3.22. The van der Waals surface area contributed by atoms with Crippen LogP contribution in [0.4, 0.5) is 0 Å². The van der Waals surface area contributed by atoms with E-state index in [2.05, 4.69) is 45.6 Å². The fraction of sp³-hybridized carbons (Fsp3) is 0.263. The number of carbonyl (C=O) groups excluding carboxylic acids is 1. The monoisotopic (exact) mass is 355 g/mol. The highest BCUT2D eigenvalue weighted by Gasteiger charge is 2.19. The van der Waals surface area contributed by atoms with Crippen LogP contribution in [-0.4, -0.2) is 38.9 Å². The number of nitrogens with one attached hydrogen (secondary N) is 2. The van der Waals surface area contributed by atoms with Gasteiger partial charge in [0.05, 0.1) is 18.5 Å². The second-order valence-electron chi connectivity index (χ2n) is 5.92. The fourth-order valence-electron chi connectivity index (χ4n) is 2.62. The average molecular weight is 355 g/mol. The number of thioether (sulfide) groups is 1. The van der Waals surface area contributed by atoms with Gasteiger partial charge in [-0.2, -0.15) is 0 Å². The number of amides is 1. The van der Waals surface area contributed by atoms with Crippen LogP contribution in [0.5, 0.6) is 0 Å². The molecule has 0 fully saturated rings. The first-order chi connectivity index (χ1) is 12.1. The summed E-state index contributed by atoms with van der Waals surface area (Å²) in [7, 11) is 0. The van der Waals surface area contributed by atoms with Gasteiger partial charge in [-0.3, -0.25) is 4.79 Å². The minimum absolute atomic E-state index is 0.275. The summed E-state index contributed by atoms with van der Waals surface area (Å²) in [5.41, 5.74) is 0.327. The number of hydrogen-bond acceptors (Lipinski definition) is 4. The Labute approximate surface area is 150 Å². The second-order valence-corrected chi connectivity index (χ2v) is 7.09. The summed E-state index contributed by atoms with van der Waals surface area (Å²) in [5.74, 6) is 0.525. The number of benzene rings is 2. The second kappa shape index (κ2) is 8.18. The number of imidazole rings is 1. The summed E-state index contributed by atoms with van der Waals surface area (Å²) in [4.78, 5) is 20.0. The number of aliphatic hydroxyl groups excluding tert-OH is 1. The molecule has 0 aliphatic carbocycles. The lowest BCUT2D eigenvalue weighted by molar-refractivity contribution is 0.0851. The van der Waals surface area contributed by atoms with Gasteiger partial charge in [0.1, 0.15) is 5.69 Å². The molecule has 0 saturated heterocycles. The minimum atomic E-state index is -0.625. The van der Waals surface area contributed by atoms with Gasteiger partial charge in [-0.25, -0.2) is 4.98 Å². The zero-order chi connectivity index (χ0) is 17.6. The number of H-pyrrole nitrogens is 1. The van der Waals surface area contributed by atoms with Crippen molar-refractivity contribution in [3.63, 3.8) is 0 Å². The molecule has 2 aromatic carbocycles. The molecule has 1 aromatic heterocycles. The van der Waals surface area contributed by atoms with E-state index in [-0.39, 0.29) is 11.9 Å². The lowest BCUT2D eigenvalue weighted by Crippen LogP contribution is -2.42. The molecule has 0 spiro atoms. The van der Waals surface area contributed by atoms with Gasteiger partial charge in [-0.05, 0) is 36.2 Å². The van der Waals surface area contributed by atoms with Gasteiger partial charge in [-0.1, -0.05) is 30.3 Å². The third-order valence-corrected chi connectivity index (χ3v) is 5.08. The van der Waals surface area contributed by atoms with Crippen LogP contribution < -0.4 is 5.32 Å². The number of carbonyl (C=O) groups is 1. The Morgan fingerprint density at radius 2 is 2.08 bits per heavy atom. The van der Waals surface area contributed by atoms with Crippen molar-refractivity contribution in [1.29, 1.82) is 0 Å². The lowest BCUT2D eigenvalue weighted by Gasteiger charge is -2.20. The molecule has 0 radical (unpaired) electrons. The topological polar surface area (TPSA) is 78.0 Å². The number of hydrogen-bond donors (Lipinski definition) is 3. The summed E-state index contributed by atoms with van der Waals surface area (Å²) >= 11 is 1.72. The number of aromatic amines is 1. The van der Waals surface area contributed by atoms with Gasteiger partial charge >= 0.3 is 0 Å². The number of aromatic nitrogens is 2. The Balaban J connectivity index is 1.56. The molecule has 2 atom stereocenters. The smallest absolute Gasteiger partial charge is 0.271 e. The predicted molar refractivity (Wildman–Crippen MR) is 101 cm³/mol. The molecule has 0 unspecified atom stereocenters. The highest BCUT2D eigenvalue weighted by molar-refractivity contribution is 7.99. The Hall–Kier alpha value is -2.31. The van der Waals surface area contributed by atoms with Crippen LogP contribution in [0.2, 0.25) is 0 Å². The SMILES string of the molecule is C[C@H](O)[C@@H](CCSc1ccc2ccccc2c1)NC(=O)c1c[nH]cn1. The first kappa shape index (κ1) is 17.5. The number of fused-ring (bicyclic) bond motifs is 1. The lowest BCUT2D eigenvalue weighted by atomic mass is 10.1. The van der Waals surface area contributed by atoms with E-state index in [4.69, 9.17) is 0 Å². The molecule has 0 saturated carbocycles. The maximum absolute atomic E-state index is 12.1. The van der Waals surface area contributed by atoms with Crippen LogP contribution in [0.25, 0.3) is 10.8 Å². The first-order valence-electron chi connectivity index (χ1n) is 8.23. The van der Waals surface area contributed by atoms with E-state index in [0.717, 1.165) is 5.75 Å². The quantitative estimate of drug-likeness (QED) is 0.569. The minimum Gasteiger partial charge on any atom is -0.391 e. The van der Waals surface area contributed by atoms with Crippen molar-refractivity contribution in [1.82, 2.24) is 15.3 Å². The highest BCUT2D eigenvalue weighted by Crippen LogP contribution is 2.24. The average Bonchev–Trinajstić information content (AvgIpc) is 3.15. The van der Waals surface area contributed by atoms with E-state index in [9.17, 15) is 9.90 Å². The van der Waals surface area contributed by atoms with Crippen LogP contribution in [0.1, 0.15) is 23.8 Å². The maximum atomic E-state index is 12.1. The number of rotatable bonds is 7. The zero-order valence-corrected chi connectivity index (χ0v) is 14.8. The van der Waals surface area contributed by atoms with Gasteiger partial charge in [0.25, 0.3) is 5.91 Å². The van der Waals surface area contributed by atoms with E-state index in [1.807, 2.05) is 12.1 Å².